The molecular formula is C10H11Cs2N3O5. The van der Waals surface area contributed by atoms with Gasteiger partial charge in [-0.3, -0.25) is 4.79 Å². The second-order valence-electron chi connectivity index (χ2n) is 3.41. The Balaban J connectivity index is 0. The zero-order valence-corrected chi connectivity index (χ0v) is 23.9. The van der Waals surface area contributed by atoms with Crippen LogP contribution < -0.4 is 153 Å². The molecule has 8 nitrogen and oxygen atoms in total. The van der Waals surface area contributed by atoms with E-state index in [0.717, 1.165) is 13.0 Å². The van der Waals surface area contributed by atoms with Gasteiger partial charge in [0.15, 0.2) is 0 Å². The van der Waals surface area contributed by atoms with E-state index in [0.29, 0.717) is 12.2 Å². The number of hydrogen-bond donors (Lipinski definition) is 1. The van der Waals surface area contributed by atoms with Crippen molar-refractivity contribution in [3.8, 4) is 0 Å². The number of rotatable bonds is 2. The predicted molar refractivity (Wildman–Crippen MR) is 54.1 cm³/mol. The Kier molecular flexibility index (Phi) is 17.5. The minimum Gasteiger partial charge on any atom is -0.652 e. The molecule has 1 aliphatic heterocycles. The van der Waals surface area contributed by atoms with Gasteiger partial charge in [0.2, 0.25) is 0 Å². The van der Waals surface area contributed by atoms with Crippen LogP contribution in [0.4, 0.5) is 4.79 Å². The van der Waals surface area contributed by atoms with Gasteiger partial charge < -0.3 is 25.1 Å². The van der Waals surface area contributed by atoms with Crippen LogP contribution in [0.5, 0.6) is 0 Å². The van der Waals surface area contributed by atoms with Crippen molar-refractivity contribution in [3.63, 3.8) is 0 Å². The normalized spacial score (nSPS) is 15.7. The molecule has 1 saturated heterocycles. The third-order valence-electron chi connectivity index (χ3n) is 2.09. The average molecular weight is 519 g/mol. The van der Waals surface area contributed by atoms with E-state index < -0.39 is 6.16 Å². The van der Waals surface area contributed by atoms with Crippen LogP contribution in [0.25, 0.3) is 0 Å². The molecule has 2 rings (SSSR count). The second-order valence-corrected chi connectivity index (χ2v) is 3.41. The molecule has 1 fully saturated rings. The van der Waals surface area contributed by atoms with Gasteiger partial charge in [0, 0.05) is 19.0 Å². The standard InChI is InChI=1S/C9H11N3O2.CH2O3.2Cs/c13-9(7-3-10-6-11-4-7)12-8-1-2-14-5-8;2-1(3)4;;/h3-4,6,8H,1-2,5H2,(H,12,13);(H2,2,3,4);;/q;;2*+1/p-2. The fourth-order valence-electron chi connectivity index (χ4n) is 1.33. The second kappa shape index (κ2) is 14.5. The summed E-state index contributed by atoms with van der Waals surface area (Å²) in [5.74, 6) is -0.138. The topological polar surface area (TPSA) is 127 Å². The first-order chi connectivity index (χ1) is 8.59. The molecule has 1 aliphatic rings. The molecule has 0 saturated carbocycles. The van der Waals surface area contributed by atoms with Crippen molar-refractivity contribution in [1.82, 2.24) is 15.3 Å². The van der Waals surface area contributed by atoms with Crippen molar-refractivity contribution in [2.75, 3.05) is 13.2 Å². The number of aromatic nitrogens is 2. The van der Waals surface area contributed by atoms with Gasteiger partial charge in [0.25, 0.3) is 5.91 Å². The minimum atomic E-state index is -2.33. The summed E-state index contributed by atoms with van der Waals surface area (Å²) in [5, 5.41) is 19.5. The van der Waals surface area contributed by atoms with E-state index in [1.165, 1.54) is 18.7 Å². The van der Waals surface area contributed by atoms with E-state index in [1.807, 2.05) is 0 Å². The van der Waals surface area contributed by atoms with Gasteiger partial charge in [0.05, 0.1) is 18.2 Å². The van der Waals surface area contributed by atoms with Crippen LogP contribution in [0.3, 0.4) is 0 Å². The molecule has 0 aromatic carbocycles. The molecule has 0 spiro atoms. The van der Waals surface area contributed by atoms with Crippen molar-refractivity contribution in [3.05, 3.63) is 24.3 Å². The van der Waals surface area contributed by atoms with E-state index in [2.05, 4.69) is 15.3 Å². The Labute approximate surface area is 233 Å². The van der Waals surface area contributed by atoms with Crippen molar-refractivity contribution >= 4 is 12.1 Å². The maximum Gasteiger partial charge on any atom is 1.00 e. The number of hydrogen-bond acceptors (Lipinski definition) is 7. The Morgan fingerprint density at radius 3 is 2.25 bits per heavy atom. The van der Waals surface area contributed by atoms with Crippen LogP contribution in [-0.2, 0) is 4.74 Å². The molecule has 1 aromatic rings. The van der Waals surface area contributed by atoms with Gasteiger partial charge >= 0.3 is 138 Å². The quantitative estimate of drug-likeness (QED) is 0.412. The maximum atomic E-state index is 11.6. The molecule has 0 bridgehead atoms. The Morgan fingerprint density at radius 2 is 1.80 bits per heavy atom. The number of carboxylic acid groups (broad SMARTS) is 2. The van der Waals surface area contributed by atoms with Crippen molar-refractivity contribution in [2.24, 2.45) is 0 Å². The Morgan fingerprint density at radius 1 is 1.25 bits per heavy atom. The first kappa shape index (κ1) is 24.1. The maximum absolute atomic E-state index is 11.6. The van der Waals surface area contributed by atoms with E-state index >= 15 is 0 Å². The van der Waals surface area contributed by atoms with E-state index in [4.69, 9.17) is 19.7 Å². The zero-order valence-electron chi connectivity index (χ0n) is 11.4. The van der Waals surface area contributed by atoms with Crippen LogP contribution in [0.2, 0.25) is 0 Å². The largest absolute Gasteiger partial charge is 1.00 e. The molecule has 1 aromatic heterocycles. The van der Waals surface area contributed by atoms with E-state index in [-0.39, 0.29) is 150 Å². The SMILES string of the molecule is O=C(NC1CCOC1)c1cncnc1.O=C([O-])[O-].[Cs+].[Cs+]. The molecule has 98 valence electrons. The third kappa shape index (κ3) is 11.5. The van der Waals surface area contributed by atoms with E-state index in [9.17, 15) is 4.79 Å². The van der Waals surface area contributed by atoms with Gasteiger partial charge in [-0.15, -0.1) is 0 Å². The fraction of sp³-hybridized carbons (Fsp3) is 0.400. The molecule has 1 unspecified atom stereocenters. The van der Waals surface area contributed by atoms with Gasteiger partial charge in [-0.25, -0.2) is 9.97 Å². The summed E-state index contributed by atoms with van der Waals surface area (Å²) in [5.41, 5.74) is 0.486. The van der Waals surface area contributed by atoms with Crippen molar-refractivity contribution in [2.45, 2.75) is 12.5 Å². The number of nitrogens with one attached hydrogen (secondary N) is 1. The molecule has 1 amide bonds. The summed E-state index contributed by atoms with van der Waals surface area (Å²) in [7, 11) is 0. The summed E-state index contributed by atoms with van der Waals surface area (Å²) in [4.78, 5) is 27.4. The van der Waals surface area contributed by atoms with Gasteiger partial charge in [0.1, 0.15) is 6.33 Å². The summed E-state index contributed by atoms with van der Waals surface area (Å²) >= 11 is 0. The smallest absolute Gasteiger partial charge is 0.652 e. The van der Waals surface area contributed by atoms with E-state index in [1.54, 1.807) is 0 Å². The van der Waals surface area contributed by atoms with Crippen LogP contribution in [0.1, 0.15) is 16.8 Å². The molecule has 10 heteroatoms. The number of ether oxygens (including phenoxy) is 1. The average Bonchev–Trinajstić information content (AvgIpc) is 2.82. The number of nitrogens with zero attached hydrogens (tertiary/aromatic N) is 2. The van der Waals surface area contributed by atoms with Crippen LogP contribution in [0, 0.1) is 0 Å². The summed E-state index contributed by atoms with van der Waals surface area (Å²) < 4.78 is 5.15. The van der Waals surface area contributed by atoms with Crippen molar-refractivity contribution < 1.29 is 162 Å². The summed E-state index contributed by atoms with van der Waals surface area (Å²) in [6, 6.07) is 0.128. The van der Waals surface area contributed by atoms with Crippen LogP contribution >= 0.6 is 0 Å². The monoisotopic (exact) mass is 519 g/mol. The van der Waals surface area contributed by atoms with Crippen molar-refractivity contribution in [1.29, 1.82) is 0 Å². The molecule has 1 N–H and O–H groups in total. The Bertz CT molecular complexity index is 397. The summed E-state index contributed by atoms with van der Waals surface area (Å²) in [6.07, 6.45) is 2.94. The first-order valence-corrected chi connectivity index (χ1v) is 5.11. The van der Waals surface area contributed by atoms with Crippen LogP contribution in [-0.4, -0.2) is 41.3 Å². The van der Waals surface area contributed by atoms with Gasteiger partial charge in [-0.05, 0) is 12.6 Å². The number of carbonyl (C=O) groups is 2. The number of carbonyl (C=O) groups excluding carboxylic acids is 2. The zero-order chi connectivity index (χ0) is 13.4. The number of amides is 1. The first-order valence-electron chi connectivity index (χ1n) is 5.11. The molecule has 0 aliphatic carbocycles. The predicted octanol–water partition coefficient (Wildman–Crippen LogP) is -8.44. The molecule has 2 heterocycles. The molecular weight excluding hydrogens is 508 g/mol. The van der Waals surface area contributed by atoms with Gasteiger partial charge in [-0.1, -0.05) is 0 Å². The van der Waals surface area contributed by atoms with Crippen LogP contribution in [0.15, 0.2) is 18.7 Å². The molecule has 0 radical (unpaired) electrons. The fourth-order valence-corrected chi connectivity index (χ4v) is 1.33. The van der Waals surface area contributed by atoms with Gasteiger partial charge in [-0.2, -0.15) is 0 Å². The molecule has 20 heavy (non-hydrogen) atoms. The third-order valence-corrected chi connectivity index (χ3v) is 2.09. The molecule has 1 atom stereocenters. The Hall–Kier alpha value is 1.88. The minimum absolute atomic E-state index is 0. The summed E-state index contributed by atoms with van der Waals surface area (Å²) in [6.45, 7) is 1.32.